The number of nitrogens with one attached hydrogen (secondary N) is 3. The summed E-state index contributed by atoms with van der Waals surface area (Å²) >= 11 is 0. The quantitative estimate of drug-likeness (QED) is 0.0713. The Kier molecular flexibility index (Phi) is 27.9. The minimum Gasteiger partial charge on any atom is -0.378 e. The molecule has 1 heterocycles. The Hall–Kier alpha value is -5.60. The number of allylic oxidation sites excluding steroid dienone is 5. The van der Waals surface area contributed by atoms with Gasteiger partial charge >= 0.3 is 0 Å². The van der Waals surface area contributed by atoms with Gasteiger partial charge in [-0.05, 0) is 104 Å². The average Bonchev–Trinajstić information content (AvgIpc) is 3.53. The molecular formula is C60H89N7O11. The first kappa shape index (κ1) is 63.2. The van der Waals surface area contributed by atoms with Gasteiger partial charge in [0.2, 0.25) is 17.7 Å². The zero-order valence-corrected chi connectivity index (χ0v) is 47.8. The van der Waals surface area contributed by atoms with Crippen LogP contribution < -0.4 is 20.9 Å². The van der Waals surface area contributed by atoms with E-state index in [1.807, 2.05) is 43.0 Å². The van der Waals surface area contributed by atoms with Gasteiger partial charge in [-0.3, -0.25) is 29.0 Å². The topological polar surface area (TPSA) is 199 Å². The first-order valence-corrected chi connectivity index (χ1v) is 28.3. The van der Waals surface area contributed by atoms with E-state index in [0.29, 0.717) is 77.4 Å². The number of hydrogen-bond acceptors (Lipinski definition) is 14. The van der Waals surface area contributed by atoms with Crippen LogP contribution in [0.25, 0.3) is 5.57 Å². The van der Waals surface area contributed by atoms with Crippen LogP contribution in [0.1, 0.15) is 102 Å². The van der Waals surface area contributed by atoms with Gasteiger partial charge < -0.3 is 59.1 Å². The number of rotatable bonds is 36. The fourth-order valence-electron chi connectivity index (χ4n) is 9.11. The van der Waals surface area contributed by atoms with E-state index in [0.717, 1.165) is 60.5 Å². The van der Waals surface area contributed by atoms with Crippen LogP contribution in [0.3, 0.4) is 0 Å². The summed E-state index contributed by atoms with van der Waals surface area (Å²) in [5.74, 6) is -1.30. The van der Waals surface area contributed by atoms with E-state index in [2.05, 4.69) is 98.8 Å². The van der Waals surface area contributed by atoms with Crippen LogP contribution >= 0.6 is 0 Å². The third-order valence-electron chi connectivity index (χ3n) is 13.8. The fourth-order valence-corrected chi connectivity index (χ4v) is 9.11. The number of fused-ring (bicyclic) bond motifs is 2. The van der Waals surface area contributed by atoms with E-state index in [1.54, 1.807) is 4.90 Å². The number of ketones is 1. The van der Waals surface area contributed by atoms with Gasteiger partial charge in [0.15, 0.2) is 5.78 Å². The second-order valence-electron chi connectivity index (χ2n) is 20.2. The molecule has 0 saturated carbocycles. The highest BCUT2D eigenvalue weighted by atomic mass is 16.5. The molecule has 0 aromatic heterocycles. The normalized spacial score (nSPS) is 15.6. The number of carbonyl (C=O) groups is 5. The maximum atomic E-state index is 14.7. The molecule has 2 atom stereocenters. The molecule has 430 valence electrons. The molecule has 3 N–H and O–H groups in total. The molecule has 2 aromatic rings. The van der Waals surface area contributed by atoms with Gasteiger partial charge in [-0.2, -0.15) is 0 Å². The molecule has 1 aliphatic heterocycles. The lowest BCUT2D eigenvalue weighted by atomic mass is 9.76. The van der Waals surface area contributed by atoms with Crippen molar-refractivity contribution in [3.63, 3.8) is 0 Å². The Labute approximate surface area is 463 Å². The molecule has 1 unspecified atom stereocenters. The zero-order valence-electron chi connectivity index (χ0n) is 47.8. The Bertz CT molecular complexity index is 2370. The summed E-state index contributed by atoms with van der Waals surface area (Å²) < 4.78 is 33.1. The number of anilines is 1. The van der Waals surface area contributed by atoms with E-state index in [-0.39, 0.29) is 88.6 Å². The van der Waals surface area contributed by atoms with Gasteiger partial charge in [0.1, 0.15) is 19.3 Å². The maximum absolute atomic E-state index is 14.7. The summed E-state index contributed by atoms with van der Waals surface area (Å²) in [7, 11) is 0. The minimum absolute atomic E-state index is 0.0118. The monoisotopic (exact) mass is 1080 g/mol. The van der Waals surface area contributed by atoms with Gasteiger partial charge in [-0.15, -0.1) is 0 Å². The third-order valence-corrected chi connectivity index (χ3v) is 13.8. The molecule has 2 aromatic carbocycles. The van der Waals surface area contributed by atoms with Crippen molar-refractivity contribution in [2.24, 2.45) is 10.9 Å². The first-order valence-electron chi connectivity index (χ1n) is 28.3. The largest absolute Gasteiger partial charge is 0.378 e. The van der Waals surface area contributed by atoms with E-state index >= 15 is 0 Å². The van der Waals surface area contributed by atoms with Crippen molar-refractivity contribution in [2.45, 2.75) is 99.2 Å². The van der Waals surface area contributed by atoms with Gasteiger partial charge in [0.25, 0.3) is 5.91 Å². The molecule has 18 nitrogen and oxygen atoms in total. The molecule has 0 radical (unpaired) electrons. The highest BCUT2D eigenvalue weighted by Gasteiger charge is 2.32. The Morgan fingerprint density at radius 1 is 0.692 bits per heavy atom. The van der Waals surface area contributed by atoms with Gasteiger partial charge in [0.05, 0.1) is 71.8 Å². The molecule has 5 rings (SSSR count). The van der Waals surface area contributed by atoms with Crippen LogP contribution in [0, 0.1) is 5.92 Å². The summed E-state index contributed by atoms with van der Waals surface area (Å²) in [4.78, 5) is 77.7. The first-order chi connectivity index (χ1) is 37.7. The van der Waals surface area contributed by atoms with Gasteiger partial charge in [0, 0.05) is 88.0 Å². The number of benzene rings is 2. The number of Topliss-reactive ketones (excluding diaryl/α,β-unsaturated/α-hetero) is 1. The van der Waals surface area contributed by atoms with Crippen LogP contribution in [-0.2, 0) is 54.0 Å². The molecular weight excluding hydrogens is 995 g/mol. The van der Waals surface area contributed by atoms with E-state index in [1.165, 1.54) is 16.8 Å². The number of amides is 4. The fraction of sp³-hybridized carbons (Fsp3) is 0.600. The van der Waals surface area contributed by atoms with Crippen molar-refractivity contribution in [2.75, 3.05) is 137 Å². The zero-order chi connectivity index (χ0) is 56.2. The number of nitrogens with zero attached hydrogens (tertiary/aromatic N) is 4. The molecule has 1 fully saturated rings. The number of aliphatic imine (C=N–C) groups is 1. The Morgan fingerprint density at radius 3 is 1.95 bits per heavy atom. The summed E-state index contributed by atoms with van der Waals surface area (Å²) in [6, 6.07) is 14.1. The van der Waals surface area contributed by atoms with Crippen molar-refractivity contribution in [1.29, 1.82) is 0 Å². The highest BCUT2D eigenvalue weighted by molar-refractivity contribution is 6.10. The Morgan fingerprint density at radius 2 is 1.31 bits per heavy atom. The van der Waals surface area contributed by atoms with E-state index in [4.69, 9.17) is 33.4 Å². The lowest BCUT2D eigenvalue weighted by molar-refractivity contribution is -0.135. The number of piperazine rings is 1. The van der Waals surface area contributed by atoms with Gasteiger partial charge in [-0.25, -0.2) is 0 Å². The SMILES string of the molecule is CCC(C)N=C1C=CC2=C(c3ccccc3C(=O)N3CCN(C(=O)CC[C@H](NC(=O)COCCOCCOCCNC(C)C)C(=O)NCCOCCOCCOCC(=O)C(C)C)CC3)c3ccc(N(CC)CC)cc3CC2=C1. The maximum Gasteiger partial charge on any atom is 0.254 e. The molecule has 0 spiro atoms. The summed E-state index contributed by atoms with van der Waals surface area (Å²) in [6.07, 6.45) is 8.18. The summed E-state index contributed by atoms with van der Waals surface area (Å²) in [5, 5.41) is 8.85. The van der Waals surface area contributed by atoms with Crippen LogP contribution in [0.5, 0.6) is 0 Å². The number of hydrogen-bond donors (Lipinski definition) is 3. The van der Waals surface area contributed by atoms with Crippen molar-refractivity contribution in [1.82, 2.24) is 25.8 Å². The number of carbonyl (C=O) groups excluding carboxylic acids is 5. The smallest absolute Gasteiger partial charge is 0.254 e. The molecule has 3 aliphatic rings. The van der Waals surface area contributed by atoms with Crippen LogP contribution in [-0.4, -0.2) is 195 Å². The second kappa shape index (κ2) is 34.4. The summed E-state index contributed by atoms with van der Waals surface area (Å²) in [6.45, 7) is 23.4. The molecule has 78 heavy (non-hydrogen) atoms. The predicted molar refractivity (Wildman–Crippen MR) is 305 cm³/mol. The molecule has 2 aliphatic carbocycles. The standard InChI is InChI=1S/C60H89N7O11/c1-9-45(8)63-48-16-18-50-46(39-48)38-47-40-49(65(10-2)11-3)17-19-51(47)58(50)52-14-12-13-15-53(52)60(72)67-26-24-66(25-27-67)57(70)21-20-54(64-56(69)42-78-37-35-76-32-30-73-28-22-61-44(6)7)59(71)62-23-29-74-31-33-75-34-36-77-41-55(68)43(4)5/h12-19,39-40,43-45,54,61H,9-11,20-38,41-42H2,1-8H3,(H,62,71)(H,64,69)/t45?,54-/m0/s1. The van der Waals surface area contributed by atoms with Crippen molar-refractivity contribution in [3.05, 3.63) is 94.1 Å². The average molecular weight is 1080 g/mol. The second-order valence-corrected chi connectivity index (χ2v) is 20.2. The van der Waals surface area contributed by atoms with Crippen molar-refractivity contribution >= 4 is 46.4 Å². The lowest BCUT2D eigenvalue weighted by Gasteiger charge is -2.36. The van der Waals surface area contributed by atoms with Crippen LogP contribution in [0.2, 0.25) is 0 Å². The molecule has 18 heteroatoms. The third kappa shape index (κ3) is 20.6. The predicted octanol–water partition coefficient (Wildman–Crippen LogP) is 5.61. The van der Waals surface area contributed by atoms with Crippen molar-refractivity contribution in [3.8, 4) is 0 Å². The van der Waals surface area contributed by atoms with E-state index in [9.17, 15) is 24.0 Å². The summed E-state index contributed by atoms with van der Waals surface area (Å²) in [5.41, 5.74) is 9.17. The van der Waals surface area contributed by atoms with Crippen molar-refractivity contribution < 1.29 is 52.4 Å². The lowest BCUT2D eigenvalue weighted by Crippen LogP contribution is -2.52. The van der Waals surface area contributed by atoms with E-state index < -0.39 is 17.9 Å². The molecule has 4 amide bonds. The molecule has 0 bridgehead atoms. The van der Waals surface area contributed by atoms with Crippen LogP contribution in [0.4, 0.5) is 5.69 Å². The molecule has 1 saturated heterocycles. The minimum atomic E-state index is -1.02. The highest BCUT2D eigenvalue weighted by Crippen LogP contribution is 2.43. The Balaban J connectivity index is 1.17. The number of ether oxygens (including phenoxy) is 6. The van der Waals surface area contributed by atoms with Crippen LogP contribution in [0.15, 0.2) is 76.8 Å². The van der Waals surface area contributed by atoms with Gasteiger partial charge in [-0.1, -0.05) is 65.0 Å².